The SMILES string of the molecule is O=S(=O)(c1cccc(Br)c1)N1CCC(Cl)CC1. The van der Waals surface area contributed by atoms with Crippen LogP contribution in [0.25, 0.3) is 0 Å². The highest BCUT2D eigenvalue weighted by Crippen LogP contribution is 2.24. The summed E-state index contributed by atoms with van der Waals surface area (Å²) in [6.45, 7) is 1.01. The zero-order valence-electron chi connectivity index (χ0n) is 9.14. The number of benzene rings is 1. The normalized spacial score (nSPS) is 19.4. The Bertz CT molecular complexity index is 498. The van der Waals surface area contributed by atoms with Crippen molar-refractivity contribution in [3.63, 3.8) is 0 Å². The van der Waals surface area contributed by atoms with Gasteiger partial charge in [-0.1, -0.05) is 22.0 Å². The number of rotatable bonds is 2. The molecule has 2 rings (SSSR count). The van der Waals surface area contributed by atoms with E-state index in [9.17, 15) is 8.42 Å². The number of halogens is 2. The van der Waals surface area contributed by atoms with Gasteiger partial charge in [0.1, 0.15) is 0 Å². The maximum atomic E-state index is 12.3. The molecule has 6 heteroatoms. The molecule has 1 saturated heterocycles. The van der Waals surface area contributed by atoms with Crippen LogP contribution in [0.15, 0.2) is 33.6 Å². The van der Waals surface area contributed by atoms with Crippen LogP contribution in [-0.4, -0.2) is 31.2 Å². The number of alkyl halides is 1. The first-order valence-corrected chi connectivity index (χ1v) is 8.07. The first-order valence-electron chi connectivity index (χ1n) is 5.40. The number of piperidine rings is 1. The van der Waals surface area contributed by atoms with E-state index in [0.29, 0.717) is 18.0 Å². The summed E-state index contributed by atoms with van der Waals surface area (Å²) in [5.74, 6) is 0. The minimum atomic E-state index is -3.36. The Hall–Kier alpha value is -0.100. The van der Waals surface area contributed by atoms with Gasteiger partial charge in [-0.25, -0.2) is 8.42 Å². The molecule has 0 aromatic heterocycles. The second kappa shape index (κ2) is 5.26. The van der Waals surface area contributed by atoms with Crippen molar-refractivity contribution < 1.29 is 8.42 Å². The minimum Gasteiger partial charge on any atom is -0.207 e. The molecule has 0 spiro atoms. The lowest BCUT2D eigenvalue weighted by molar-refractivity contribution is 0.350. The Balaban J connectivity index is 2.25. The van der Waals surface area contributed by atoms with Crippen molar-refractivity contribution in [2.75, 3.05) is 13.1 Å². The molecule has 0 bridgehead atoms. The topological polar surface area (TPSA) is 37.4 Å². The first kappa shape index (κ1) is 13.3. The highest BCUT2D eigenvalue weighted by molar-refractivity contribution is 9.10. The average molecular weight is 339 g/mol. The molecule has 94 valence electrons. The molecule has 0 N–H and O–H groups in total. The van der Waals surface area contributed by atoms with E-state index < -0.39 is 10.0 Å². The molecular formula is C11H13BrClNO2S. The van der Waals surface area contributed by atoms with E-state index in [1.54, 1.807) is 18.2 Å². The fourth-order valence-electron chi connectivity index (χ4n) is 1.84. The maximum absolute atomic E-state index is 12.3. The molecule has 1 heterocycles. The summed E-state index contributed by atoms with van der Waals surface area (Å²) in [7, 11) is -3.36. The smallest absolute Gasteiger partial charge is 0.207 e. The Morgan fingerprint density at radius 2 is 1.94 bits per heavy atom. The lowest BCUT2D eigenvalue weighted by Gasteiger charge is -2.28. The van der Waals surface area contributed by atoms with Crippen LogP contribution < -0.4 is 0 Å². The van der Waals surface area contributed by atoms with Crippen LogP contribution in [0.4, 0.5) is 0 Å². The highest BCUT2D eigenvalue weighted by atomic mass is 79.9. The van der Waals surface area contributed by atoms with Gasteiger partial charge >= 0.3 is 0 Å². The number of sulfonamides is 1. The zero-order chi connectivity index (χ0) is 12.5. The van der Waals surface area contributed by atoms with E-state index in [1.165, 1.54) is 4.31 Å². The van der Waals surface area contributed by atoms with E-state index in [2.05, 4.69) is 15.9 Å². The molecule has 1 aromatic carbocycles. The number of nitrogens with zero attached hydrogens (tertiary/aromatic N) is 1. The van der Waals surface area contributed by atoms with Crippen molar-refractivity contribution >= 4 is 37.6 Å². The summed E-state index contributed by atoms with van der Waals surface area (Å²) in [4.78, 5) is 0.333. The third-order valence-corrected chi connectivity index (χ3v) is 5.64. The van der Waals surface area contributed by atoms with E-state index in [4.69, 9.17) is 11.6 Å². The largest absolute Gasteiger partial charge is 0.243 e. The summed E-state index contributed by atoms with van der Waals surface area (Å²) in [6.07, 6.45) is 1.43. The fraction of sp³-hybridized carbons (Fsp3) is 0.455. The van der Waals surface area contributed by atoms with Crippen molar-refractivity contribution in [1.82, 2.24) is 4.31 Å². The maximum Gasteiger partial charge on any atom is 0.243 e. The second-order valence-electron chi connectivity index (χ2n) is 4.04. The van der Waals surface area contributed by atoms with Crippen molar-refractivity contribution in [3.8, 4) is 0 Å². The molecule has 0 unspecified atom stereocenters. The van der Waals surface area contributed by atoms with Gasteiger partial charge in [0, 0.05) is 22.9 Å². The molecule has 0 aliphatic carbocycles. The van der Waals surface area contributed by atoms with Crippen LogP contribution >= 0.6 is 27.5 Å². The van der Waals surface area contributed by atoms with E-state index in [0.717, 1.165) is 17.3 Å². The van der Waals surface area contributed by atoms with Crippen molar-refractivity contribution in [2.45, 2.75) is 23.1 Å². The van der Waals surface area contributed by atoms with Crippen molar-refractivity contribution in [1.29, 1.82) is 0 Å². The van der Waals surface area contributed by atoms with Crippen LogP contribution in [0, 0.1) is 0 Å². The Labute approximate surface area is 115 Å². The summed E-state index contributed by atoms with van der Waals surface area (Å²) in [5, 5.41) is 0.101. The van der Waals surface area contributed by atoms with Gasteiger partial charge in [-0.05, 0) is 31.0 Å². The van der Waals surface area contributed by atoms with Gasteiger partial charge in [-0.3, -0.25) is 0 Å². The third kappa shape index (κ3) is 3.02. The molecule has 0 atom stereocenters. The number of hydrogen-bond acceptors (Lipinski definition) is 2. The Morgan fingerprint density at radius 1 is 1.29 bits per heavy atom. The predicted molar refractivity (Wildman–Crippen MR) is 71.8 cm³/mol. The van der Waals surface area contributed by atoms with Gasteiger partial charge in [-0.15, -0.1) is 11.6 Å². The summed E-state index contributed by atoms with van der Waals surface area (Å²) >= 11 is 9.26. The van der Waals surface area contributed by atoms with Gasteiger partial charge in [0.15, 0.2) is 0 Å². The summed E-state index contributed by atoms with van der Waals surface area (Å²) in [5.41, 5.74) is 0. The second-order valence-corrected chi connectivity index (χ2v) is 7.51. The molecule has 1 aliphatic rings. The molecule has 3 nitrogen and oxygen atoms in total. The third-order valence-electron chi connectivity index (χ3n) is 2.82. The van der Waals surface area contributed by atoms with E-state index >= 15 is 0 Å². The summed E-state index contributed by atoms with van der Waals surface area (Å²) in [6, 6.07) is 6.78. The molecule has 17 heavy (non-hydrogen) atoms. The Morgan fingerprint density at radius 3 is 2.53 bits per heavy atom. The molecule has 1 aromatic rings. The van der Waals surface area contributed by atoms with Crippen molar-refractivity contribution in [2.24, 2.45) is 0 Å². The standard InChI is InChI=1S/C11H13BrClNO2S/c12-9-2-1-3-11(8-9)17(15,16)14-6-4-10(13)5-7-14/h1-3,8,10H,4-7H2. The van der Waals surface area contributed by atoms with Gasteiger partial charge in [0.25, 0.3) is 0 Å². The van der Waals surface area contributed by atoms with Crippen molar-refractivity contribution in [3.05, 3.63) is 28.7 Å². The molecule has 1 aliphatic heterocycles. The summed E-state index contributed by atoms with van der Waals surface area (Å²) < 4.78 is 26.9. The molecule has 0 saturated carbocycles. The monoisotopic (exact) mass is 337 g/mol. The van der Waals surface area contributed by atoms with Gasteiger partial charge in [0.05, 0.1) is 4.90 Å². The van der Waals surface area contributed by atoms with E-state index in [1.807, 2.05) is 6.07 Å². The fourth-order valence-corrected chi connectivity index (χ4v) is 4.10. The molecule has 1 fully saturated rings. The lowest BCUT2D eigenvalue weighted by Crippen LogP contribution is -2.38. The number of hydrogen-bond donors (Lipinski definition) is 0. The van der Waals surface area contributed by atoms with Gasteiger partial charge in [-0.2, -0.15) is 4.31 Å². The highest BCUT2D eigenvalue weighted by Gasteiger charge is 2.28. The van der Waals surface area contributed by atoms with Crippen LogP contribution in [0.3, 0.4) is 0 Å². The van der Waals surface area contributed by atoms with Crippen LogP contribution in [-0.2, 0) is 10.0 Å². The minimum absolute atomic E-state index is 0.101. The Kier molecular flexibility index (Phi) is 4.13. The van der Waals surface area contributed by atoms with Crippen LogP contribution in [0.5, 0.6) is 0 Å². The molecule has 0 amide bonds. The first-order chi connectivity index (χ1) is 8.00. The van der Waals surface area contributed by atoms with Crippen LogP contribution in [0.2, 0.25) is 0 Å². The lowest BCUT2D eigenvalue weighted by atomic mass is 10.2. The molecule has 0 radical (unpaired) electrons. The van der Waals surface area contributed by atoms with Gasteiger partial charge in [0.2, 0.25) is 10.0 Å². The van der Waals surface area contributed by atoms with Gasteiger partial charge < -0.3 is 0 Å². The van der Waals surface area contributed by atoms with E-state index in [-0.39, 0.29) is 5.38 Å². The van der Waals surface area contributed by atoms with Crippen LogP contribution in [0.1, 0.15) is 12.8 Å². The average Bonchev–Trinajstić information content (AvgIpc) is 2.29. The zero-order valence-corrected chi connectivity index (χ0v) is 12.3. The predicted octanol–water partition coefficient (Wildman–Crippen LogP) is 2.84. The quantitative estimate of drug-likeness (QED) is 0.778. The molecular weight excluding hydrogens is 326 g/mol.